The molecule has 1 amide bonds. The summed E-state index contributed by atoms with van der Waals surface area (Å²) < 4.78 is 68.9. The molecule has 1 N–H and O–H groups in total. The van der Waals surface area contributed by atoms with Crippen molar-refractivity contribution >= 4 is 27.9 Å². The fourth-order valence-electron chi connectivity index (χ4n) is 2.69. The molecule has 154 valence electrons. The Hall–Kier alpha value is -3.41. The summed E-state index contributed by atoms with van der Waals surface area (Å²) in [5, 5.41) is 15.1. The van der Waals surface area contributed by atoms with Gasteiger partial charge in [-0.3, -0.25) is 4.79 Å². The van der Waals surface area contributed by atoms with E-state index in [-0.39, 0.29) is 5.69 Å². The fourth-order valence-corrected chi connectivity index (χ4v) is 3.55. The minimum Gasteiger partial charge on any atom is -0.322 e. The summed E-state index contributed by atoms with van der Waals surface area (Å²) in [6, 6.07) is 5.96. The van der Waals surface area contributed by atoms with Crippen LogP contribution in [0.2, 0.25) is 0 Å². The fraction of sp³-hybridized carbons (Fsp3) is 0.111. The Bertz CT molecular complexity index is 1260. The maximum Gasteiger partial charge on any atom is 0.261 e. The number of carbonyl (C=O) groups is 1. The van der Waals surface area contributed by atoms with Crippen LogP contribution in [0.3, 0.4) is 0 Å². The van der Waals surface area contributed by atoms with Gasteiger partial charge in [-0.2, -0.15) is 9.61 Å². The van der Waals surface area contributed by atoms with Crippen LogP contribution >= 0.6 is 11.3 Å². The van der Waals surface area contributed by atoms with Gasteiger partial charge in [0, 0.05) is 17.7 Å². The lowest BCUT2D eigenvalue weighted by atomic mass is 10.1. The molecule has 0 aliphatic heterocycles. The highest BCUT2D eigenvalue weighted by atomic mass is 32.1. The maximum absolute atomic E-state index is 13.8. The van der Waals surface area contributed by atoms with E-state index in [1.54, 1.807) is 16.6 Å². The molecule has 2 aromatic carbocycles. The van der Waals surface area contributed by atoms with E-state index in [1.165, 1.54) is 23.5 Å². The van der Waals surface area contributed by atoms with E-state index in [0.29, 0.717) is 27.8 Å². The molecular formula is C18H10F5N5OS. The zero-order valence-electron chi connectivity index (χ0n) is 15.0. The molecule has 30 heavy (non-hydrogen) atoms. The smallest absolute Gasteiger partial charge is 0.261 e. The Labute approximate surface area is 169 Å². The van der Waals surface area contributed by atoms with Crippen molar-refractivity contribution in [2.24, 2.45) is 0 Å². The lowest BCUT2D eigenvalue weighted by Gasteiger charge is -2.09. The number of carbonyl (C=O) groups excluding carboxylic acids is 1. The predicted molar refractivity (Wildman–Crippen MR) is 97.7 cm³/mol. The van der Waals surface area contributed by atoms with E-state index in [2.05, 4.69) is 20.6 Å². The largest absolute Gasteiger partial charge is 0.322 e. The number of fused-ring (bicyclic) bond motifs is 1. The number of amides is 1. The quantitative estimate of drug-likeness (QED) is 0.291. The van der Waals surface area contributed by atoms with E-state index in [0.717, 1.165) is 0 Å². The van der Waals surface area contributed by atoms with Crippen molar-refractivity contribution in [2.75, 3.05) is 5.32 Å². The molecule has 0 fully saturated rings. The van der Waals surface area contributed by atoms with Crippen LogP contribution in [0.1, 0.15) is 23.1 Å². The zero-order valence-corrected chi connectivity index (χ0v) is 15.8. The van der Waals surface area contributed by atoms with Gasteiger partial charge in [-0.1, -0.05) is 18.3 Å². The lowest BCUT2D eigenvalue weighted by molar-refractivity contribution is 0.101. The molecule has 2 aromatic heterocycles. The first kappa shape index (κ1) is 19.9. The van der Waals surface area contributed by atoms with Crippen molar-refractivity contribution in [3.05, 3.63) is 64.7 Å². The van der Waals surface area contributed by atoms with Crippen molar-refractivity contribution in [3.8, 4) is 10.6 Å². The number of halogens is 5. The van der Waals surface area contributed by atoms with Gasteiger partial charge >= 0.3 is 0 Å². The number of nitrogens with one attached hydrogen (secondary N) is 1. The van der Waals surface area contributed by atoms with Crippen molar-refractivity contribution < 1.29 is 26.7 Å². The summed E-state index contributed by atoms with van der Waals surface area (Å²) >= 11 is 1.28. The average molecular weight is 439 g/mol. The molecule has 0 bridgehead atoms. The number of hydrogen-bond donors (Lipinski definition) is 1. The predicted octanol–water partition coefficient (Wildman–Crippen LogP) is 4.36. The molecule has 0 saturated heterocycles. The van der Waals surface area contributed by atoms with E-state index in [4.69, 9.17) is 0 Å². The third-order valence-electron chi connectivity index (χ3n) is 4.20. The highest BCUT2D eigenvalue weighted by Crippen LogP contribution is 2.28. The molecule has 0 spiro atoms. The second-order valence-electron chi connectivity index (χ2n) is 6.05. The van der Waals surface area contributed by atoms with Gasteiger partial charge < -0.3 is 5.32 Å². The number of nitrogens with zero attached hydrogens (tertiary/aromatic N) is 4. The molecule has 12 heteroatoms. The summed E-state index contributed by atoms with van der Waals surface area (Å²) in [7, 11) is 0. The second kappa shape index (κ2) is 7.44. The standard InChI is InChI=1S/C18H10F5N5OS/c1-2-9-25-26-18-28(9)27-17(30-18)7-3-5-8(6-4-7)24-16(29)10-11(19)13(21)15(23)14(22)12(10)20/h3-6H,2H2,1H3,(H,24,29). The number of anilines is 1. The van der Waals surface area contributed by atoms with Gasteiger partial charge in [-0.25, -0.2) is 22.0 Å². The Morgan fingerprint density at radius 1 is 0.967 bits per heavy atom. The van der Waals surface area contributed by atoms with Crippen LogP contribution in [0, 0.1) is 29.1 Å². The van der Waals surface area contributed by atoms with Crippen molar-refractivity contribution in [3.63, 3.8) is 0 Å². The summed E-state index contributed by atoms with van der Waals surface area (Å²) in [6.45, 7) is 1.91. The molecule has 0 radical (unpaired) electrons. The van der Waals surface area contributed by atoms with Crippen LogP contribution in [0.5, 0.6) is 0 Å². The maximum atomic E-state index is 13.8. The molecule has 6 nitrogen and oxygen atoms in total. The van der Waals surface area contributed by atoms with Crippen molar-refractivity contribution in [1.82, 2.24) is 19.8 Å². The highest BCUT2D eigenvalue weighted by molar-refractivity contribution is 7.19. The Morgan fingerprint density at radius 3 is 2.17 bits per heavy atom. The summed E-state index contributed by atoms with van der Waals surface area (Å²) in [5.41, 5.74) is -0.803. The van der Waals surface area contributed by atoms with Crippen molar-refractivity contribution in [1.29, 1.82) is 0 Å². The molecule has 0 saturated carbocycles. The van der Waals surface area contributed by atoms with E-state index in [1.807, 2.05) is 6.92 Å². The molecule has 0 aliphatic rings. The minimum atomic E-state index is -2.33. The SMILES string of the molecule is CCc1nnc2sc(-c3ccc(NC(=O)c4c(F)c(F)c(F)c(F)c4F)cc3)nn12. The van der Waals surface area contributed by atoms with Crippen molar-refractivity contribution in [2.45, 2.75) is 13.3 Å². The number of benzene rings is 2. The van der Waals surface area contributed by atoms with Gasteiger partial charge in [-0.15, -0.1) is 10.2 Å². The molecular weight excluding hydrogens is 429 g/mol. The second-order valence-corrected chi connectivity index (χ2v) is 7.00. The van der Waals surface area contributed by atoms with Gasteiger partial charge in [0.2, 0.25) is 10.8 Å². The third-order valence-corrected chi connectivity index (χ3v) is 5.15. The molecule has 0 unspecified atom stereocenters. The number of aromatic nitrogens is 4. The summed E-state index contributed by atoms with van der Waals surface area (Å²) in [6.07, 6.45) is 0.646. The number of hydrogen-bond acceptors (Lipinski definition) is 5. The molecule has 4 rings (SSSR count). The zero-order chi connectivity index (χ0) is 21.6. The van der Waals surface area contributed by atoms with Gasteiger partial charge in [0.05, 0.1) is 0 Å². The summed E-state index contributed by atoms with van der Waals surface area (Å²) in [4.78, 5) is 12.7. The van der Waals surface area contributed by atoms with Gasteiger partial charge in [0.1, 0.15) is 10.6 Å². The number of rotatable bonds is 4. The first-order valence-electron chi connectivity index (χ1n) is 8.46. The monoisotopic (exact) mass is 439 g/mol. The lowest BCUT2D eigenvalue weighted by Crippen LogP contribution is -2.19. The average Bonchev–Trinajstić information content (AvgIpc) is 3.32. The van der Waals surface area contributed by atoms with E-state index >= 15 is 0 Å². The minimum absolute atomic E-state index is 0.0879. The highest BCUT2D eigenvalue weighted by Gasteiger charge is 2.29. The molecule has 0 aliphatic carbocycles. The van der Waals surface area contributed by atoms with E-state index < -0.39 is 40.6 Å². The van der Waals surface area contributed by atoms with Gasteiger partial charge in [0.25, 0.3) is 5.91 Å². The van der Waals surface area contributed by atoms with Crippen LogP contribution in [-0.4, -0.2) is 25.7 Å². The van der Waals surface area contributed by atoms with Gasteiger partial charge in [-0.05, 0) is 24.3 Å². The Balaban J connectivity index is 1.59. The number of aryl methyl sites for hydroxylation is 1. The normalized spacial score (nSPS) is 11.3. The Morgan fingerprint density at radius 2 is 1.57 bits per heavy atom. The van der Waals surface area contributed by atoms with Crippen LogP contribution in [-0.2, 0) is 6.42 Å². The third kappa shape index (κ3) is 3.18. The van der Waals surface area contributed by atoms with E-state index in [9.17, 15) is 26.7 Å². The first-order valence-corrected chi connectivity index (χ1v) is 9.27. The molecule has 4 aromatic rings. The topological polar surface area (TPSA) is 72.2 Å². The Kier molecular flexibility index (Phi) is 4.94. The van der Waals surface area contributed by atoms with Gasteiger partial charge in [0.15, 0.2) is 29.1 Å². The first-order chi connectivity index (χ1) is 14.3. The van der Waals surface area contributed by atoms with Crippen LogP contribution in [0.15, 0.2) is 24.3 Å². The van der Waals surface area contributed by atoms with Crippen LogP contribution in [0.25, 0.3) is 15.5 Å². The van der Waals surface area contributed by atoms with Crippen LogP contribution in [0.4, 0.5) is 27.6 Å². The molecule has 0 atom stereocenters. The molecule has 2 heterocycles. The summed E-state index contributed by atoms with van der Waals surface area (Å²) in [5.74, 6) is -11.9. The van der Waals surface area contributed by atoms with Crippen LogP contribution < -0.4 is 5.32 Å².